The largest absolute Gasteiger partial charge is 1.00 e. The van der Waals surface area contributed by atoms with Crippen molar-refractivity contribution in [2.24, 2.45) is 0 Å². The Labute approximate surface area is 97.1 Å². The first kappa shape index (κ1) is 13.2. The molecule has 0 saturated heterocycles. The summed E-state index contributed by atoms with van der Waals surface area (Å²) in [5, 5.41) is 12.5. The zero-order chi connectivity index (χ0) is 9.14. The van der Waals surface area contributed by atoms with E-state index in [1.165, 1.54) is 12.2 Å². The summed E-state index contributed by atoms with van der Waals surface area (Å²) in [5.74, 6) is 0.325. The zero-order valence-corrected chi connectivity index (χ0v) is 9.37. The molecule has 0 fully saturated rings. The number of hydroxylamine groups is 2. The van der Waals surface area contributed by atoms with E-state index in [2.05, 4.69) is 15.9 Å². The van der Waals surface area contributed by atoms with Gasteiger partial charge >= 0.3 is 18.9 Å². The van der Waals surface area contributed by atoms with Gasteiger partial charge in [0, 0.05) is 13.3 Å². The molecule has 0 aliphatic heterocycles. The second-order valence-electron chi connectivity index (χ2n) is 2.22. The third-order valence-electron chi connectivity index (χ3n) is 1.46. The molecule has 0 aliphatic carbocycles. The van der Waals surface area contributed by atoms with E-state index < -0.39 is 6.23 Å². The smallest absolute Gasteiger partial charge is 0.833 e. The van der Waals surface area contributed by atoms with Crippen molar-refractivity contribution in [2.45, 2.75) is 6.23 Å². The molecule has 0 amide bonds. The number of hydrogen-bond acceptors (Lipinski definition) is 4. The predicted octanol–water partition coefficient (Wildman–Crippen LogP) is -2.10. The van der Waals surface area contributed by atoms with E-state index in [9.17, 15) is 5.11 Å². The number of halogens is 1. The topological polar surface area (TPSA) is 48.7 Å². The van der Waals surface area contributed by atoms with Crippen LogP contribution in [0, 0.1) is 0 Å². The second-order valence-corrected chi connectivity index (χ2v) is 3.00. The number of hydrogen-bond donors (Lipinski definition) is 0. The third-order valence-corrected chi connectivity index (χ3v) is 1.88. The van der Waals surface area contributed by atoms with Crippen molar-refractivity contribution < 1.29 is 33.2 Å². The van der Waals surface area contributed by atoms with Crippen LogP contribution in [0.2, 0.25) is 0 Å². The summed E-state index contributed by atoms with van der Waals surface area (Å²) in [6.07, 6.45) is -1.12. The van der Waals surface area contributed by atoms with E-state index in [-0.39, 0.29) is 18.9 Å². The minimum absolute atomic E-state index is 0. The SMILES string of the molecule is CON(C)C([O-])c1ccc(Br)o1.[Li+]. The van der Waals surface area contributed by atoms with E-state index in [1.807, 2.05) is 0 Å². The summed E-state index contributed by atoms with van der Waals surface area (Å²) in [4.78, 5) is 4.72. The molecular weight excluding hydrogens is 233 g/mol. The molecule has 1 aromatic rings. The van der Waals surface area contributed by atoms with E-state index in [1.54, 1.807) is 19.2 Å². The normalized spacial score (nSPS) is 12.7. The summed E-state index contributed by atoms with van der Waals surface area (Å²) in [6.45, 7) is 0. The molecule has 0 N–H and O–H groups in total. The molecule has 1 unspecified atom stereocenters. The van der Waals surface area contributed by atoms with Gasteiger partial charge in [0.2, 0.25) is 0 Å². The van der Waals surface area contributed by atoms with Crippen LogP contribution in [0.3, 0.4) is 0 Å². The van der Waals surface area contributed by atoms with Gasteiger partial charge in [-0.25, -0.2) is 0 Å². The minimum Gasteiger partial charge on any atom is -0.833 e. The van der Waals surface area contributed by atoms with Gasteiger partial charge in [0.1, 0.15) is 5.76 Å². The Morgan fingerprint density at radius 3 is 2.62 bits per heavy atom. The van der Waals surface area contributed by atoms with Crippen LogP contribution >= 0.6 is 15.9 Å². The fourth-order valence-corrected chi connectivity index (χ4v) is 1.06. The van der Waals surface area contributed by atoms with Gasteiger partial charge in [-0.3, -0.25) is 0 Å². The van der Waals surface area contributed by atoms with Gasteiger partial charge in [-0.2, -0.15) is 5.06 Å². The number of nitrogens with zero attached hydrogens (tertiary/aromatic N) is 1. The average Bonchev–Trinajstić information content (AvgIpc) is 2.49. The van der Waals surface area contributed by atoms with Crippen molar-refractivity contribution in [2.75, 3.05) is 14.2 Å². The van der Waals surface area contributed by atoms with Crippen LogP contribution in [0.4, 0.5) is 0 Å². The van der Waals surface area contributed by atoms with Crippen molar-refractivity contribution in [3.8, 4) is 0 Å². The van der Waals surface area contributed by atoms with E-state index in [0.29, 0.717) is 10.4 Å². The van der Waals surface area contributed by atoms with Crippen molar-refractivity contribution in [1.29, 1.82) is 0 Å². The zero-order valence-electron chi connectivity index (χ0n) is 7.78. The monoisotopic (exact) mass is 241 g/mol. The number of furan rings is 1. The van der Waals surface area contributed by atoms with Crippen molar-refractivity contribution >= 4 is 15.9 Å². The molecule has 0 aromatic carbocycles. The van der Waals surface area contributed by atoms with Crippen LogP contribution < -0.4 is 24.0 Å². The molecule has 1 atom stereocenters. The summed E-state index contributed by atoms with van der Waals surface area (Å²) in [6, 6.07) is 3.28. The molecule has 0 aliphatic rings. The van der Waals surface area contributed by atoms with Gasteiger partial charge in [0.05, 0.1) is 7.11 Å². The first-order chi connectivity index (χ1) is 5.65. The first-order valence-corrected chi connectivity index (χ1v) is 4.12. The maximum Gasteiger partial charge on any atom is 1.00 e. The molecule has 0 saturated carbocycles. The van der Waals surface area contributed by atoms with Gasteiger partial charge in [-0.05, 0) is 28.1 Å². The summed E-state index contributed by atoms with van der Waals surface area (Å²) in [7, 11) is 2.98. The van der Waals surface area contributed by atoms with Crippen LogP contribution in [-0.2, 0) is 4.84 Å². The van der Waals surface area contributed by atoms with Crippen molar-refractivity contribution in [3.05, 3.63) is 22.6 Å². The van der Waals surface area contributed by atoms with E-state index >= 15 is 0 Å². The maximum absolute atomic E-state index is 11.4. The van der Waals surface area contributed by atoms with Gasteiger partial charge in [0.25, 0.3) is 0 Å². The molecule has 1 heterocycles. The molecule has 68 valence electrons. The van der Waals surface area contributed by atoms with Gasteiger partial charge in [-0.1, -0.05) is 0 Å². The van der Waals surface area contributed by atoms with Crippen LogP contribution in [0.15, 0.2) is 21.2 Å². The standard InChI is InChI=1S/C7H9BrNO3.Li/c1-9(11-2)7(10)5-3-4-6(8)12-5;/h3-4,7H,1-2H3;/q-1;+1. The molecule has 4 nitrogen and oxygen atoms in total. The Bertz CT molecular complexity index is 256. The second kappa shape index (κ2) is 5.86. The average molecular weight is 242 g/mol. The fraction of sp³-hybridized carbons (Fsp3) is 0.429. The third kappa shape index (κ3) is 3.47. The Balaban J connectivity index is 0.00000144. The molecule has 0 radical (unpaired) electrons. The Morgan fingerprint density at radius 2 is 2.23 bits per heavy atom. The molecule has 1 aromatic heterocycles. The Hall–Kier alpha value is 0.237. The van der Waals surface area contributed by atoms with Crippen molar-refractivity contribution in [1.82, 2.24) is 5.06 Å². The van der Waals surface area contributed by atoms with E-state index in [0.717, 1.165) is 0 Å². The molecule has 0 spiro atoms. The Kier molecular flexibility index (Phi) is 5.97. The van der Waals surface area contributed by atoms with Crippen LogP contribution in [-0.4, -0.2) is 19.2 Å². The molecule has 13 heavy (non-hydrogen) atoms. The maximum atomic E-state index is 11.4. The minimum atomic E-state index is -1.12. The predicted molar refractivity (Wildman–Crippen MR) is 43.9 cm³/mol. The quantitative estimate of drug-likeness (QED) is 0.346. The molecule has 0 bridgehead atoms. The summed E-state index contributed by atoms with van der Waals surface area (Å²) >= 11 is 3.11. The van der Waals surface area contributed by atoms with Crippen LogP contribution in [0.5, 0.6) is 0 Å². The number of rotatable bonds is 3. The van der Waals surface area contributed by atoms with Crippen molar-refractivity contribution in [3.63, 3.8) is 0 Å². The molecular formula is C7H9BrLiNO3. The van der Waals surface area contributed by atoms with Gasteiger partial charge in [-0.15, -0.1) is 0 Å². The molecule has 1 rings (SSSR count). The fourth-order valence-electron chi connectivity index (χ4n) is 0.736. The summed E-state index contributed by atoms with van der Waals surface area (Å²) < 4.78 is 5.60. The first-order valence-electron chi connectivity index (χ1n) is 3.33. The van der Waals surface area contributed by atoms with Gasteiger partial charge < -0.3 is 14.4 Å². The molecule has 6 heteroatoms. The summed E-state index contributed by atoms with van der Waals surface area (Å²) in [5.41, 5.74) is 0. The van der Waals surface area contributed by atoms with Crippen LogP contribution in [0.1, 0.15) is 12.0 Å². The van der Waals surface area contributed by atoms with Crippen LogP contribution in [0.25, 0.3) is 0 Å². The van der Waals surface area contributed by atoms with Gasteiger partial charge in [0.15, 0.2) is 4.67 Å². The van der Waals surface area contributed by atoms with E-state index in [4.69, 9.17) is 9.25 Å². The Morgan fingerprint density at radius 1 is 1.62 bits per heavy atom.